The van der Waals surface area contributed by atoms with Crippen LogP contribution in [0.1, 0.15) is 55.7 Å². The third kappa shape index (κ3) is 3.43. The molecule has 2 saturated carbocycles. The van der Waals surface area contributed by atoms with Crippen molar-refractivity contribution in [1.29, 1.82) is 0 Å². The number of benzene rings is 2. The summed E-state index contributed by atoms with van der Waals surface area (Å²) in [7, 11) is 0. The van der Waals surface area contributed by atoms with Crippen LogP contribution in [0, 0.1) is 5.92 Å². The number of carbonyl (C=O) groups excluding carboxylic acids is 1. The highest BCUT2D eigenvalue weighted by atomic mass is 35.5. The molecule has 1 saturated heterocycles. The topological polar surface area (TPSA) is 73.2 Å². The number of ether oxygens (including phenoxy) is 1. The van der Waals surface area contributed by atoms with E-state index in [0.717, 1.165) is 43.0 Å². The fourth-order valence-corrected chi connectivity index (χ4v) is 8.62. The average molecular weight is 558 g/mol. The Balaban J connectivity index is 1.27. The summed E-state index contributed by atoms with van der Waals surface area (Å²) in [6, 6.07) is 8.88. The van der Waals surface area contributed by atoms with Gasteiger partial charge in [-0.05, 0) is 87.2 Å². The maximum Gasteiger partial charge on any atom is 0.227 e. The van der Waals surface area contributed by atoms with Gasteiger partial charge in [0, 0.05) is 24.7 Å². The first kappa shape index (κ1) is 25.0. The minimum Gasteiger partial charge on any atom is -0.504 e. The van der Waals surface area contributed by atoms with Crippen LogP contribution in [0.3, 0.4) is 0 Å². The van der Waals surface area contributed by atoms with Crippen molar-refractivity contribution in [3.63, 3.8) is 0 Å². The molecule has 1 amide bonds. The van der Waals surface area contributed by atoms with Gasteiger partial charge in [0.25, 0.3) is 0 Å². The number of aliphatic hydroxyl groups is 1. The van der Waals surface area contributed by atoms with Crippen LogP contribution in [0.4, 0.5) is 0 Å². The standard InChI is InChI=1S/C30H34Cl2N2O4/c1-2-34(25(36)14-18-5-7-20(31)21(32)13-18)22-9-10-30(37)24-15-19-6-8-23(35)27-26(19)29(30,28(22)38-27)11-12-33(24)16-17-3-4-17/h5-8,13,17,22,24,28,35,37H,2-4,9-12,14-16H2,1H3/t22-,24-,28+,29+,30-/m1/s1. The number of carbonyl (C=O) groups is 1. The molecular weight excluding hydrogens is 523 g/mol. The predicted molar refractivity (Wildman–Crippen MR) is 146 cm³/mol. The molecule has 0 radical (unpaired) electrons. The van der Waals surface area contributed by atoms with Crippen molar-refractivity contribution in [3.8, 4) is 11.5 Å². The monoisotopic (exact) mass is 556 g/mol. The van der Waals surface area contributed by atoms with Crippen LogP contribution in [0.25, 0.3) is 0 Å². The third-order valence-corrected chi connectivity index (χ3v) is 10.9. The molecule has 6 nitrogen and oxygen atoms in total. The fourth-order valence-electron chi connectivity index (χ4n) is 8.30. The van der Waals surface area contributed by atoms with Crippen molar-refractivity contribution < 1.29 is 19.7 Å². The number of hydrogen-bond acceptors (Lipinski definition) is 5. The number of nitrogens with zero attached hydrogens (tertiary/aromatic N) is 2. The number of hydrogen-bond donors (Lipinski definition) is 2. The Hall–Kier alpha value is -1.99. The molecule has 2 aromatic rings. The summed E-state index contributed by atoms with van der Waals surface area (Å²) in [6.45, 7) is 4.47. The second-order valence-corrected chi connectivity index (χ2v) is 12.8. The van der Waals surface area contributed by atoms with Gasteiger partial charge in [-0.1, -0.05) is 35.3 Å². The molecule has 1 spiro atoms. The van der Waals surface area contributed by atoms with Crippen LogP contribution in [-0.4, -0.2) is 69.3 Å². The molecule has 3 aliphatic carbocycles. The first-order chi connectivity index (χ1) is 18.3. The summed E-state index contributed by atoms with van der Waals surface area (Å²) < 4.78 is 6.67. The molecule has 2 aliphatic heterocycles. The van der Waals surface area contributed by atoms with Crippen molar-refractivity contribution in [3.05, 3.63) is 57.1 Å². The largest absolute Gasteiger partial charge is 0.504 e. The van der Waals surface area contributed by atoms with E-state index in [1.165, 1.54) is 18.4 Å². The number of phenols is 1. The summed E-state index contributed by atoms with van der Waals surface area (Å²) in [5.74, 6) is 1.38. The number of likely N-dealkylation sites (N-methyl/N-ethyl adjacent to an activating group) is 1. The number of phenolic OH excluding ortho intramolecular Hbond substituents is 1. The van der Waals surface area contributed by atoms with Gasteiger partial charge in [0.2, 0.25) is 5.91 Å². The Morgan fingerprint density at radius 1 is 1.16 bits per heavy atom. The zero-order valence-corrected chi connectivity index (χ0v) is 23.1. The number of rotatable bonds is 6. The lowest BCUT2D eigenvalue weighted by Gasteiger charge is -2.65. The normalized spacial score (nSPS) is 33.0. The van der Waals surface area contributed by atoms with Gasteiger partial charge in [0.05, 0.1) is 33.5 Å². The van der Waals surface area contributed by atoms with Crippen molar-refractivity contribution in [2.24, 2.45) is 5.92 Å². The molecule has 38 heavy (non-hydrogen) atoms. The highest BCUT2D eigenvalue weighted by Gasteiger charge is 2.73. The predicted octanol–water partition coefficient (Wildman–Crippen LogP) is 4.72. The summed E-state index contributed by atoms with van der Waals surface area (Å²) in [5, 5.41) is 24.5. The highest BCUT2D eigenvalue weighted by Crippen LogP contribution is 2.66. The lowest BCUT2D eigenvalue weighted by molar-refractivity contribution is -0.201. The molecule has 8 heteroatoms. The van der Waals surface area contributed by atoms with Gasteiger partial charge in [-0.15, -0.1) is 0 Å². The maximum absolute atomic E-state index is 13.7. The van der Waals surface area contributed by atoms with E-state index in [-0.39, 0.29) is 30.2 Å². The molecule has 7 rings (SSSR count). The van der Waals surface area contributed by atoms with Crippen molar-refractivity contribution in [1.82, 2.24) is 9.80 Å². The molecule has 2 N–H and O–H groups in total. The molecule has 0 aromatic heterocycles. The van der Waals surface area contributed by atoms with Gasteiger partial charge in [-0.3, -0.25) is 9.69 Å². The van der Waals surface area contributed by atoms with E-state index >= 15 is 0 Å². The lowest BCUT2D eigenvalue weighted by Crippen LogP contribution is -2.78. The second kappa shape index (κ2) is 8.76. The van der Waals surface area contributed by atoms with Crippen molar-refractivity contribution >= 4 is 29.1 Å². The minimum atomic E-state index is -0.959. The first-order valence-corrected chi connectivity index (χ1v) is 14.7. The van der Waals surface area contributed by atoms with Gasteiger partial charge in [0.1, 0.15) is 6.10 Å². The SMILES string of the molecule is CCN(C(=O)Cc1ccc(Cl)c(Cl)c1)[C@@H]1CC[C@@]2(O)[C@H]3Cc4ccc(O)c5c4[C@@]2(CCN3CC2CC2)[C@H]1O5. The Morgan fingerprint density at radius 3 is 2.71 bits per heavy atom. The highest BCUT2D eigenvalue weighted by molar-refractivity contribution is 6.42. The molecule has 3 fully saturated rings. The number of amides is 1. The van der Waals surface area contributed by atoms with E-state index in [4.69, 9.17) is 27.9 Å². The number of aromatic hydroxyl groups is 1. The first-order valence-electron chi connectivity index (χ1n) is 14.0. The maximum atomic E-state index is 13.7. The third-order valence-electron chi connectivity index (χ3n) is 10.1. The van der Waals surface area contributed by atoms with Gasteiger partial charge >= 0.3 is 0 Å². The Kier molecular flexibility index (Phi) is 5.76. The van der Waals surface area contributed by atoms with Crippen LogP contribution in [0.5, 0.6) is 11.5 Å². The number of piperidine rings is 1. The molecule has 202 valence electrons. The van der Waals surface area contributed by atoms with E-state index in [1.807, 2.05) is 24.0 Å². The molecule has 2 bridgehead atoms. The fraction of sp³-hybridized carbons (Fsp3) is 0.567. The molecule has 5 aliphatic rings. The number of likely N-dealkylation sites (tertiary alicyclic amines) is 1. The van der Waals surface area contributed by atoms with Crippen LogP contribution in [0.15, 0.2) is 30.3 Å². The van der Waals surface area contributed by atoms with E-state index in [9.17, 15) is 15.0 Å². The van der Waals surface area contributed by atoms with E-state index < -0.39 is 17.1 Å². The van der Waals surface area contributed by atoms with E-state index in [0.29, 0.717) is 35.2 Å². The summed E-state index contributed by atoms with van der Waals surface area (Å²) in [6.07, 6.45) is 5.15. The smallest absolute Gasteiger partial charge is 0.227 e. The average Bonchev–Trinajstić information content (AvgIpc) is 3.63. The number of halogens is 2. The zero-order chi connectivity index (χ0) is 26.4. The van der Waals surface area contributed by atoms with Gasteiger partial charge < -0.3 is 19.8 Å². The Labute approximate surface area is 233 Å². The Bertz CT molecular complexity index is 1320. The molecular formula is C30H34Cl2N2O4. The molecule has 2 aromatic carbocycles. The zero-order valence-electron chi connectivity index (χ0n) is 21.6. The van der Waals surface area contributed by atoms with Gasteiger partial charge in [0.15, 0.2) is 11.5 Å². The van der Waals surface area contributed by atoms with E-state index in [1.54, 1.807) is 18.2 Å². The molecule has 0 unspecified atom stereocenters. The minimum absolute atomic E-state index is 0.000240. The van der Waals surface area contributed by atoms with Gasteiger partial charge in [-0.2, -0.15) is 0 Å². The summed E-state index contributed by atoms with van der Waals surface area (Å²) in [4.78, 5) is 18.2. The Morgan fingerprint density at radius 2 is 1.97 bits per heavy atom. The summed E-state index contributed by atoms with van der Waals surface area (Å²) >= 11 is 12.3. The van der Waals surface area contributed by atoms with Gasteiger partial charge in [-0.25, -0.2) is 0 Å². The van der Waals surface area contributed by atoms with Crippen LogP contribution < -0.4 is 4.74 Å². The van der Waals surface area contributed by atoms with Crippen molar-refractivity contribution in [2.45, 2.75) is 81.1 Å². The quantitative estimate of drug-likeness (QED) is 0.538. The van der Waals surface area contributed by atoms with Crippen molar-refractivity contribution in [2.75, 3.05) is 19.6 Å². The van der Waals surface area contributed by atoms with Crippen LogP contribution >= 0.6 is 23.2 Å². The molecule has 2 heterocycles. The second-order valence-electron chi connectivity index (χ2n) is 12.0. The molecule has 5 atom stereocenters. The van der Waals surface area contributed by atoms with E-state index in [2.05, 4.69) is 4.90 Å². The lowest BCUT2D eigenvalue weighted by atomic mass is 9.48. The van der Waals surface area contributed by atoms with Crippen LogP contribution in [-0.2, 0) is 23.1 Å². The van der Waals surface area contributed by atoms with Crippen LogP contribution in [0.2, 0.25) is 10.0 Å². The summed E-state index contributed by atoms with van der Waals surface area (Å²) in [5.41, 5.74) is 1.38.